The Morgan fingerprint density at radius 1 is 1.54 bits per heavy atom. The molecule has 4 heteroatoms. The summed E-state index contributed by atoms with van der Waals surface area (Å²) in [5.74, 6) is 0.416. The second-order valence-electron chi connectivity index (χ2n) is 3.46. The van der Waals surface area contributed by atoms with E-state index in [0.29, 0.717) is 5.92 Å². The number of nitrogens with one attached hydrogen (secondary N) is 1. The Balaban J connectivity index is 2.33. The molecule has 0 amide bonds. The average molecular weight is 175 g/mol. The zero-order valence-electron chi connectivity index (χ0n) is 7.03. The summed E-state index contributed by atoms with van der Waals surface area (Å²) in [4.78, 5) is 14.5. The molecule has 2 heterocycles. The number of aromatic amines is 1. The van der Waals surface area contributed by atoms with Crippen LogP contribution in [0.15, 0.2) is 23.3 Å². The Hall–Kier alpha value is -1.58. The van der Waals surface area contributed by atoms with Gasteiger partial charge in [0.2, 0.25) is 5.43 Å². The molecular formula is C9H9N3O. The van der Waals surface area contributed by atoms with Crippen LogP contribution in [0.1, 0.15) is 24.5 Å². The van der Waals surface area contributed by atoms with Gasteiger partial charge in [0.25, 0.3) is 0 Å². The highest BCUT2D eigenvalue weighted by atomic mass is 16.1. The second kappa shape index (κ2) is 2.22. The normalized spacial score (nSPS) is 16.6. The molecule has 1 saturated carbocycles. The van der Waals surface area contributed by atoms with Crippen molar-refractivity contribution in [2.24, 2.45) is 0 Å². The molecule has 1 aliphatic rings. The molecule has 66 valence electrons. The molecule has 0 spiro atoms. The lowest BCUT2D eigenvalue weighted by molar-refractivity contribution is 0.843. The molecule has 0 aliphatic heterocycles. The maximum atomic E-state index is 11.5. The first-order valence-electron chi connectivity index (χ1n) is 4.41. The Bertz CT molecular complexity index is 507. The van der Waals surface area contributed by atoms with Gasteiger partial charge in [0.05, 0.1) is 0 Å². The molecule has 0 saturated heterocycles. The van der Waals surface area contributed by atoms with Crippen LogP contribution >= 0.6 is 0 Å². The van der Waals surface area contributed by atoms with Crippen molar-refractivity contribution in [3.63, 3.8) is 0 Å². The van der Waals surface area contributed by atoms with E-state index < -0.39 is 0 Å². The summed E-state index contributed by atoms with van der Waals surface area (Å²) >= 11 is 0. The molecule has 1 aliphatic carbocycles. The predicted octanol–water partition coefficient (Wildman–Crippen LogP) is 0.900. The summed E-state index contributed by atoms with van der Waals surface area (Å²) in [5.41, 5.74) is 1.54. The van der Waals surface area contributed by atoms with E-state index in [0.717, 1.165) is 24.2 Å². The van der Waals surface area contributed by atoms with Crippen LogP contribution in [0.3, 0.4) is 0 Å². The Morgan fingerprint density at radius 3 is 3.15 bits per heavy atom. The van der Waals surface area contributed by atoms with E-state index in [4.69, 9.17) is 0 Å². The fourth-order valence-corrected chi connectivity index (χ4v) is 1.54. The third-order valence-corrected chi connectivity index (χ3v) is 2.39. The predicted molar refractivity (Wildman–Crippen MR) is 47.8 cm³/mol. The minimum Gasteiger partial charge on any atom is -0.345 e. The fourth-order valence-electron chi connectivity index (χ4n) is 1.54. The van der Waals surface area contributed by atoms with E-state index in [-0.39, 0.29) is 5.43 Å². The maximum Gasteiger partial charge on any atom is 0.205 e. The molecule has 2 aromatic heterocycles. The number of nitrogens with zero attached hydrogens (tertiary/aromatic N) is 2. The van der Waals surface area contributed by atoms with E-state index in [1.807, 2.05) is 6.20 Å². The maximum absolute atomic E-state index is 11.5. The highest BCUT2D eigenvalue weighted by Crippen LogP contribution is 2.37. The van der Waals surface area contributed by atoms with Gasteiger partial charge in [-0.2, -0.15) is 5.10 Å². The number of hydrogen-bond donors (Lipinski definition) is 1. The smallest absolute Gasteiger partial charge is 0.205 e. The molecular weight excluding hydrogens is 166 g/mol. The van der Waals surface area contributed by atoms with Crippen molar-refractivity contribution < 1.29 is 0 Å². The highest BCUT2D eigenvalue weighted by molar-refractivity contribution is 5.37. The van der Waals surface area contributed by atoms with Crippen molar-refractivity contribution in [3.05, 3.63) is 34.4 Å². The first-order valence-corrected chi connectivity index (χ1v) is 4.41. The van der Waals surface area contributed by atoms with E-state index in [9.17, 15) is 4.79 Å². The molecule has 0 unspecified atom stereocenters. The lowest BCUT2D eigenvalue weighted by Crippen LogP contribution is -2.12. The van der Waals surface area contributed by atoms with Gasteiger partial charge in [-0.3, -0.25) is 4.79 Å². The molecule has 0 bridgehead atoms. The molecule has 1 fully saturated rings. The van der Waals surface area contributed by atoms with Crippen molar-refractivity contribution in [1.29, 1.82) is 0 Å². The average Bonchev–Trinajstić information content (AvgIpc) is 2.85. The SMILES string of the molecule is O=c1cc2[nH]ccn2nc1C1CC1. The lowest BCUT2D eigenvalue weighted by atomic mass is 10.3. The molecule has 4 nitrogen and oxygen atoms in total. The van der Waals surface area contributed by atoms with Crippen LogP contribution in [-0.4, -0.2) is 14.6 Å². The van der Waals surface area contributed by atoms with Gasteiger partial charge in [0.1, 0.15) is 11.3 Å². The molecule has 1 N–H and O–H groups in total. The fraction of sp³-hybridized carbons (Fsp3) is 0.333. The molecule has 0 radical (unpaired) electrons. The van der Waals surface area contributed by atoms with Crippen LogP contribution in [0.5, 0.6) is 0 Å². The molecule has 3 rings (SSSR count). The monoisotopic (exact) mass is 175 g/mol. The van der Waals surface area contributed by atoms with Gasteiger partial charge in [-0.25, -0.2) is 4.52 Å². The van der Waals surface area contributed by atoms with Crippen LogP contribution in [0.4, 0.5) is 0 Å². The minimum atomic E-state index is 0.0601. The quantitative estimate of drug-likeness (QED) is 0.700. The van der Waals surface area contributed by atoms with E-state index in [1.165, 1.54) is 0 Å². The highest BCUT2D eigenvalue weighted by Gasteiger charge is 2.27. The summed E-state index contributed by atoms with van der Waals surface area (Å²) in [6.07, 6.45) is 5.82. The van der Waals surface area contributed by atoms with E-state index >= 15 is 0 Å². The van der Waals surface area contributed by atoms with Crippen LogP contribution in [0, 0.1) is 0 Å². The third-order valence-electron chi connectivity index (χ3n) is 2.39. The van der Waals surface area contributed by atoms with Gasteiger partial charge >= 0.3 is 0 Å². The Labute approximate surface area is 74.2 Å². The van der Waals surface area contributed by atoms with E-state index in [1.54, 1.807) is 16.8 Å². The largest absolute Gasteiger partial charge is 0.345 e. The second-order valence-corrected chi connectivity index (χ2v) is 3.46. The van der Waals surface area contributed by atoms with Gasteiger partial charge in [-0.15, -0.1) is 0 Å². The van der Waals surface area contributed by atoms with Crippen molar-refractivity contribution >= 4 is 5.65 Å². The Kier molecular flexibility index (Phi) is 1.17. The topological polar surface area (TPSA) is 50.2 Å². The standard InChI is InChI=1S/C9H9N3O/c13-7-5-8-10-3-4-12(8)11-9(7)6-1-2-6/h3-6,10H,1-2H2. The van der Waals surface area contributed by atoms with Crippen molar-refractivity contribution in [1.82, 2.24) is 14.6 Å². The van der Waals surface area contributed by atoms with Crippen molar-refractivity contribution in [2.75, 3.05) is 0 Å². The Morgan fingerprint density at radius 2 is 2.38 bits per heavy atom. The molecule has 0 aromatic carbocycles. The van der Waals surface area contributed by atoms with Crippen LogP contribution in [0.25, 0.3) is 5.65 Å². The lowest BCUT2D eigenvalue weighted by Gasteiger charge is -1.96. The minimum absolute atomic E-state index is 0.0601. The van der Waals surface area contributed by atoms with Crippen molar-refractivity contribution in [3.8, 4) is 0 Å². The number of aromatic nitrogens is 3. The van der Waals surface area contributed by atoms with E-state index in [2.05, 4.69) is 10.1 Å². The number of fused-ring (bicyclic) bond motifs is 1. The van der Waals surface area contributed by atoms with Crippen LogP contribution < -0.4 is 5.43 Å². The number of H-pyrrole nitrogens is 1. The summed E-state index contributed by atoms with van der Waals surface area (Å²) < 4.78 is 1.72. The zero-order chi connectivity index (χ0) is 8.84. The van der Waals surface area contributed by atoms with Crippen LogP contribution in [0.2, 0.25) is 0 Å². The molecule has 13 heavy (non-hydrogen) atoms. The summed E-state index contributed by atoms with van der Waals surface area (Å²) in [5, 5.41) is 4.27. The summed E-state index contributed by atoms with van der Waals surface area (Å²) in [6, 6.07) is 1.61. The summed E-state index contributed by atoms with van der Waals surface area (Å²) in [7, 11) is 0. The number of hydrogen-bond acceptors (Lipinski definition) is 2. The third kappa shape index (κ3) is 0.983. The van der Waals surface area contributed by atoms with Gasteiger partial charge in [-0.05, 0) is 12.8 Å². The number of imidazole rings is 1. The van der Waals surface area contributed by atoms with Gasteiger partial charge in [0, 0.05) is 24.4 Å². The zero-order valence-corrected chi connectivity index (χ0v) is 7.03. The van der Waals surface area contributed by atoms with Crippen molar-refractivity contribution in [2.45, 2.75) is 18.8 Å². The van der Waals surface area contributed by atoms with Gasteiger partial charge in [0.15, 0.2) is 0 Å². The summed E-state index contributed by atoms with van der Waals surface area (Å²) in [6.45, 7) is 0. The molecule has 2 aromatic rings. The number of rotatable bonds is 1. The first kappa shape index (κ1) is 6.88. The van der Waals surface area contributed by atoms with Gasteiger partial charge in [-0.1, -0.05) is 0 Å². The van der Waals surface area contributed by atoms with Crippen LogP contribution in [-0.2, 0) is 0 Å². The first-order chi connectivity index (χ1) is 6.34. The molecule has 0 atom stereocenters. The van der Waals surface area contributed by atoms with Gasteiger partial charge < -0.3 is 4.98 Å².